The Kier molecular flexibility index (Phi) is 5.30. The highest BCUT2D eigenvalue weighted by Crippen LogP contribution is 2.38. The van der Waals surface area contributed by atoms with E-state index in [9.17, 15) is 0 Å². The zero-order valence-electron chi connectivity index (χ0n) is 13.4. The van der Waals surface area contributed by atoms with Crippen LogP contribution >= 0.6 is 0 Å². The third kappa shape index (κ3) is 3.33. The summed E-state index contributed by atoms with van der Waals surface area (Å²) in [5, 5.41) is 0. The van der Waals surface area contributed by atoms with Gasteiger partial charge in [0.1, 0.15) is 0 Å². The van der Waals surface area contributed by atoms with Gasteiger partial charge in [0.05, 0.1) is 0 Å². The second-order valence-corrected chi connectivity index (χ2v) is 7.41. The van der Waals surface area contributed by atoms with Crippen molar-refractivity contribution in [3.05, 3.63) is 0 Å². The van der Waals surface area contributed by atoms with Crippen molar-refractivity contribution in [1.82, 2.24) is 4.90 Å². The summed E-state index contributed by atoms with van der Waals surface area (Å²) in [5.74, 6) is 3.37. The Labute approximate surface area is 120 Å². The Bertz CT molecular complexity index is 278. The predicted octanol–water partition coefficient (Wildman–Crippen LogP) is 3.51. The molecule has 6 atom stereocenters. The Morgan fingerprint density at radius 2 is 1.84 bits per heavy atom. The number of nitrogens with zero attached hydrogens (tertiary/aromatic N) is 1. The molecule has 19 heavy (non-hydrogen) atoms. The topological polar surface area (TPSA) is 29.3 Å². The van der Waals surface area contributed by atoms with Gasteiger partial charge in [0.15, 0.2) is 0 Å². The van der Waals surface area contributed by atoms with Gasteiger partial charge in [-0.2, -0.15) is 0 Å². The molecule has 0 radical (unpaired) electrons. The van der Waals surface area contributed by atoms with Crippen molar-refractivity contribution in [2.75, 3.05) is 13.1 Å². The molecular formula is C17H34N2. The number of likely N-dealkylation sites (tertiary alicyclic amines) is 1. The molecule has 2 heteroatoms. The van der Waals surface area contributed by atoms with Gasteiger partial charge in [-0.15, -0.1) is 0 Å². The van der Waals surface area contributed by atoms with Gasteiger partial charge < -0.3 is 5.73 Å². The molecule has 1 saturated carbocycles. The summed E-state index contributed by atoms with van der Waals surface area (Å²) in [6, 6.07) is 1.50. The van der Waals surface area contributed by atoms with E-state index in [0.717, 1.165) is 42.3 Å². The highest BCUT2D eigenvalue weighted by atomic mass is 15.2. The number of hydrogen-bond acceptors (Lipinski definition) is 2. The van der Waals surface area contributed by atoms with E-state index >= 15 is 0 Å². The third-order valence-electron chi connectivity index (χ3n) is 6.01. The van der Waals surface area contributed by atoms with E-state index in [1.807, 2.05) is 0 Å². The fourth-order valence-electron chi connectivity index (χ4n) is 4.54. The minimum Gasteiger partial charge on any atom is -0.330 e. The number of piperidine rings is 1. The van der Waals surface area contributed by atoms with Gasteiger partial charge >= 0.3 is 0 Å². The first kappa shape index (κ1) is 15.3. The van der Waals surface area contributed by atoms with Crippen LogP contribution in [0.5, 0.6) is 0 Å². The van der Waals surface area contributed by atoms with Crippen molar-refractivity contribution in [3.63, 3.8) is 0 Å². The molecule has 2 rings (SSSR count). The lowest BCUT2D eigenvalue weighted by molar-refractivity contribution is -0.00851. The molecule has 1 heterocycles. The Hall–Kier alpha value is -0.0800. The fourth-order valence-corrected chi connectivity index (χ4v) is 4.54. The molecule has 2 aliphatic rings. The highest BCUT2D eigenvalue weighted by Gasteiger charge is 2.39. The Balaban J connectivity index is 2.10. The fraction of sp³-hybridized carbons (Fsp3) is 1.00. The van der Waals surface area contributed by atoms with E-state index in [2.05, 4.69) is 32.6 Å². The van der Waals surface area contributed by atoms with Crippen LogP contribution in [-0.4, -0.2) is 30.1 Å². The summed E-state index contributed by atoms with van der Waals surface area (Å²) in [7, 11) is 0. The van der Waals surface area contributed by atoms with Crippen LogP contribution in [0.3, 0.4) is 0 Å². The van der Waals surface area contributed by atoms with Gasteiger partial charge in [-0.3, -0.25) is 4.90 Å². The molecule has 0 aromatic rings. The van der Waals surface area contributed by atoms with Gasteiger partial charge in [0, 0.05) is 18.6 Å². The summed E-state index contributed by atoms with van der Waals surface area (Å²) >= 11 is 0. The van der Waals surface area contributed by atoms with Gasteiger partial charge in [0.2, 0.25) is 0 Å². The van der Waals surface area contributed by atoms with E-state index in [-0.39, 0.29) is 0 Å². The Morgan fingerprint density at radius 1 is 1.11 bits per heavy atom. The lowest BCUT2D eigenvalue weighted by atomic mass is 9.74. The lowest BCUT2D eigenvalue weighted by Crippen LogP contribution is -2.55. The monoisotopic (exact) mass is 266 g/mol. The lowest BCUT2D eigenvalue weighted by Gasteiger charge is -2.50. The maximum Gasteiger partial charge on any atom is 0.0141 e. The van der Waals surface area contributed by atoms with Crippen molar-refractivity contribution in [1.29, 1.82) is 0 Å². The van der Waals surface area contributed by atoms with E-state index < -0.39 is 0 Å². The molecule has 1 aliphatic carbocycles. The summed E-state index contributed by atoms with van der Waals surface area (Å²) in [4.78, 5) is 2.83. The van der Waals surface area contributed by atoms with Crippen LogP contribution < -0.4 is 5.73 Å². The van der Waals surface area contributed by atoms with E-state index in [0.29, 0.717) is 0 Å². The molecule has 2 nitrogen and oxygen atoms in total. The Morgan fingerprint density at radius 3 is 2.47 bits per heavy atom. The minimum absolute atomic E-state index is 0.739. The quantitative estimate of drug-likeness (QED) is 0.847. The minimum atomic E-state index is 0.739. The van der Waals surface area contributed by atoms with E-state index in [4.69, 9.17) is 5.73 Å². The second kappa shape index (κ2) is 6.58. The van der Waals surface area contributed by atoms with Gasteiger partial charge in [0.25, 0.3) is 0 Å². The normalized spacial score (nSPS) is 45.3. The molecule has 0 spiro atoms. The first-order chi connectivity index (χ1) is 9.06. The molecular weight excluding hydrogens is 232 g/mol. The van der Waals surface area contributed by atoms with Crippen molar-refractivity contribution in [3.8, 4) is 0 Å². The van der Waals surface area contributed by atoms with Crippen molar-refractivity contribution in [2.45, 2.75) is 71.9 Å². The largest absolute Gasteiger partial charge is 0.330 e. The second-order valence-electron chi connectivity index (χ2n) is 7.41. The SMILES string of the molecule is CCC1CCC(CN)C(N2CC(C)CC(C)C2C)C1. The van der Waals surface area contributed by atoms with Crippen LogP contribution in [-0.2, 0) is 0 Å². The molecule has 0 amide bonds. The van der Waals surface area contributed by atoms with Crippen molar-refractivity contribution < 1.29 is 0 Å². The average Bonchev–Trinajstić information content (AvgIpc) is 2.42. The van der Waals surface area contributed by atoms with E-state index in [1.165, 1.54) is 38.6 Å². The van der Waals surface area contributed by atoms with Crippen LogP contribution in [0.15, 0.2) is 0 Å². The van der Waals surface area contributed by atoms with Crippen molar-refractivity contribution >= 4 is 0 Å². The molecule has 0 aromatic carbocycles. The smallest absolute Gasteiger partial charge is 0.0141 e. The standard InChI is InChI=1S/C17H34N2/c1-5-15-6-7-16(10-18)17(9-15)19-11-12(2)8-13(3)14(19)4/h12-17H,5-11,18H2,1-4H3. The van der Waals surface area contributed by atoms with Crippen molar-refractivity contribution in [2.24, 2.45) is 29.4 Å². The molecule has 0 bridgehead atoms. The number of nitrogens with two attached hydrogens (primary N) is 1. The van der Waals surface area contributed by atoms with Gasteiger partial charge in [-0.25, -0.2) is 0 Å². The maximum absolute atomic E-state index is 6.08. The van der Waals surface area contributed by atoms with Crippen LogP contribution in [0, 0.1) is 23.7 Å². The first-order valence-electron chi connectivity index (χ1n) is 8.52. The molecule has 1 saturated heterocycles. The predicted molar refractivity (Wildman–Crippen MR) is 83.1 cm³/mol. The molecule has 112 valence electrons. The third-order valence-corrected chi connectivity index (χ3v) is 6.01. The van der Waals surface area contributed by atoms with Crippen LogP contribution in [0.1, 0.15) is 59.8 Å². The average molecular weight is 266 g/mol. The molecule has 1 aliphatic heterocycles. The van der Waals surface area contributed by atoms with Gasteiger partial charge in [-0.05, 0) is 56.4 Å². The molecule has 2 N–H and O–H groups in total. The molecule has 2 fully saturated rings. The summed E-state index contributed by atoms with van der Waals surface area (Å²) in [6.07, 6.45) is 6.89. The van der Waals surface area contributed by atoms with Gasteiger partial charge in [-0.1, -0.05) is 33.6 Å². The summed E-state index contributed by atoms with van der Waals surface area (Å²) in [5.41, 5.74) is 6.08. The number of rotatable bonds is 3. The summed E-state index contributed by atoms with van der Waals surface area (Å²) < 4.78 is 0. The van der Waals surface area contributed by atoms with Crippen LogP contribution in [0.4, 0.5) is 0 Å². The van der Waals surface area contributed by atoms with Crippen LogP contribution in [0.25, 0.3) is 0 Å². The molecule has 6 unspecified atom stereocenters. The zero-order chi connectivity index (χ0) is 14.0. The zero-order valence-corrected chi connectivity index (χ0v) is 13.4. The maximum atomic E-state index is 6.08. The van der Waals surface area contributed by atoms with E-state index in [1.54, 1.807) is 0 Å². The molecule has 0 aromatic heterocycles. The summed E-state index contributed by atoms with van der Waals surface area (Å²) in [6.45, 7) is 11.8. The highest BCUT2D eigenvalue weighted by molar-refractivity contribution is 4.93. The van der Waals surface area contributed by atoms with Crippen LogP contribution in [0.2, 0.25) is 0 Å². The first-order valence-corrected chi connectivity index (χ1v) is 8.52. The number of hydrogen-bond donors (Lipinski definition) is 1.